The summed E-state index contributed by atoms with van der Waals surface area (Å²) < 4.78 is 8.88. The van der Waals surface area contributed by atoms with Crippen LogP contribution in [0.3, 0.4) is 0 Å². The van der Waals surface area contributed by atoms with Crippen LogP contribution in [0.15, 0.2) is 72.9 Å². The van der Waals surface area contributed by atoms with Gasteiger partial charge in [0, 0.05) is 58.0 Å². The molecule has 5 aromatic rings. The fraction of sp³-hybridized carbons (Fsp3) is 0.290. The van der Waals surface area contributed by atoms with E-state index in [1.807, 2.05) is 18.3 Å². The first-order valence-corrected chi connectivity index (χ1v) is 12.2. The molecule has 2 N–H and O–H groups in total. The SMILES string of the molecule is CC(C)(C)c1ccc(-c2cnc3c4[c-]cccc4c4ccccc4c3n2)cc1.COC(O)CC(O)OC.[Ir]. The minimum atomic E-state index is -0.944. The molecule has 0 aliphatic carbocycles. The van der Waals surface area contributed by atoms with Crippen molar-refractivity contribution in [3.8, 4) is 11.3 Å². The van der Waals surface area contributed by atoms with Crippen molar-refractivity contribution in [2.24, 2.45) is 0 Å². The Morgan fingerprint density at radius 1 is 0.816 bits per heavy atom. The average molecular weight is 690 g/mol. The van der Waals surface area contributed by atoms with Crippen molar-refractivity contribution >= 4 is 32.6 Å². The fourth-order valence-electron chi connectivity index (χ4n) is 4.19. The van der Waals surface area contributed by atoms with E-state index < -0.39 is 12.6 Å². The Morgan fingerprint density at radius 3 is 2.03 bits per heavy atom. The van der Waals surface area contributed by atoms with Crippen molar-refractivity contribution in [3.05, 3.63) is 84.6 Å². The van der Waals surface area contributed by atoms with E-state index in [0.29, 0.717) is 0 Å². The summed E-state index contributed by atoms with van der Waals surface area (Å²) >= 11 is 0. The van der Waals surface area contributed by atoms with Gasteiger partial charge in [-0.25, -0.2) is 0 Å². The number of rotatable bonds is 5. The number of aliphatic hydroxyl groups is 2. The van der Waals surface area contributed by atoms with E-state index in [1.54, 1.807) is 0 Å². The van der Waals surface area contributed by atoms with Crippen LogP contribution in [0.1, 0.15) is 32.8 Å². The monoisotopic (exact) mass is 690 g/mol. The second kappa shape index (κ2) is 12.9. The van der Waals surface area contributed by atoms with Crippen LogP contribution in [0.25, 0.3) is 43.8 Å². The number of benzene rings is 4. The molecule has 1 radical (unpaired) electrons. The molecule has 0 fully saturated rings. The molecule has 5 rings (SSSR count). The van der Waals surface area contributed by atoms with Gasteiger partial charge >= 0.3 is 0 Å². The maximum atomic E-state index is 8.70. The predicted molar refractivity (Wildman–Crippen MR) is 148 cm³/mol. The summed E-state index contributed by atoms with van der Waals surface area (Å²) in [6.07, 6.45) is 0.0659. The zero-order valence-corrected chi connectivity index (χ0v) is 24.6. The maximum absolute atomic E-state index is 8.70. The van der Waals surface area contributed by atoms with Crippen molar-refractivity contribution in [2.75, 3.05) is 14.2 Å². The molecule has 0 aliphatic rings. The van der Waals surface area contributed by atoms with Crippen molar-refractivity contribution in [3.63, 3.8) is 0 Å². The van der Waals surface area contributed by atoms with Gasteiger partial charge in [-0.05, 0) is 16.4 Å². The molecule has 1 heterocycles. The largest absolute Gasteiger partial charge is 0.368 e. The Hall–Kier alpha value is -2.77. The van der Waals surface area contributed by atoms with Crippen LogP contribution in [0, 0.1) is 6.07 Å². The van der Waals surface area contributed by atoms with E-state index >= 15 is 0 Å². The summed E-state index contributed by atoms with van der Waals surface area (Å²) in [7, 11) is 2.71. The number of aromatic nitrogens is 2. The topological polar surface area (TPSA) is 84.7 Å². The second-order valence-corrected chi connectivity index (χ2v) is 9.90. The molecule has 7 heteroatoms. The van der Waals surface area contributed by atoms with E-state index in [1.165, 1.54) is 30.6 Å². The molecule has 0 bridgehead atoms. The van der Waals surface area contributed by atoms with E-state index in [4.69, 9.17) is 20.2 Å². The molecule has 201 valence electrons. The Morgan fingerprint density at radius 2 is 1.42 bits per heavy atom. The van der Waals surface area contributed by atoms with E-state index in [0.717, 1.165) is 33.1 Å². The molecule has 0 amide bonds. The molecule has 1 aromatic heterocycles. The Labute approximate surface area is 237 Å². The first-order chi connectivity index (χ1) is 17.7. The number of aliphatic hydroxyl groups excluding tert-OH is 2. The van der Waals surface area contributed by atoms with Crippen LogP contribution in [-0.4, -0.2) is 47.0 Å². The van der Waals surface area contributed by atoms with Gasteiger partial charge in [0.15, 0.2) is 12.6 Å². The number of nitrogens with zero attached hydrogens (tertiary/aromatic N) is 2. The molecule has 0 saturated carbocycles. The molecule has 6 nitrogen and oxygen atoms in total. The third kappa shape index (κ3) is 6.62. The summed E-state index contributed by atoms with van der Waals surface area (Å²) in [5.41, 5.74) is 5.28. The Balaban J connectivity index is 0.000000348. The summed E-state index contributed by atoms with van der Waals surface area (Å²) in [4.78, 5) is 9.85. The molecular formula is C31H33IrN2O4-. The number of methoxy groups -OCH3 is 2. The zero-order valence-electron chi connectivity index (χ0n) is 22.2. The quantitative estimate of drug-likeness (QED) is 0.134. The van der Waals surface area contributed by atoms with Gasteiger partial charge < -0.3 is 24.7 Å². The zero-order chi connectivity index (χ0) is 26.6. The Kier molecular flexibility index (Phi) is 10.1. The third-order valence-corrected chi connectivity index (χ3v) is 6.33. The van der Waals surface area contributed by atoms with Gasteiger partial charge in [0.25, 0.3) is 0 Å². The van der Waals surface area contributed by atoms with Gasteiger partial charge in [-0.2, -0.15) is 0 Å². The standard InChI is InChI=1S/C26H21N2.C5H12O4.Ir/c1-26(2,3)18-14-12-17(13-15-18)23-16-27-24-21-10-6-4-8-19(21)20-9-5-7-11-22(20)25(24)28-23;1-8-4(6)3-5(7)9-2;/h4-9,11-16H,1-3H3;4-7H,3H2,1-2H3;/q-1;;. The van der Waals surface area contributed by atoms with Crippen LogP contribution in [-0.2, 0) is 35.0 Å². The average Bonchev–Trinajstić information content (AvgIpc) is 2.92. The summed E-state index contributed by atoms with van der Waals surface area (Å²) in [5, 5.41) is 21.9. The predicted octanol–water partition coefficient (Wildman–Crippen LogP) is 6.00. The van der Waals surface area contributed by atoms with Gasteiger partial charge in [-0.15, -0.1) is 29.7 Å². The van der Waals surface area contributed by atoms with Crippen molar-refractivity contribution in [1.29, 1.82) is 0 Å². The number of hydrogen-bond donors (Lipinski definition) is 2. The minimum absolute atomic E-state index is 0. The first kappa shape index (κ1) is 29.8. The second-order valence-electron chi connectivity index (χ2n) is 9.90. The van der Waals surface area contributed by atoms with Gasteiger partial charge in [-0.3, -0.25) is 4.98 Å². The van der Waals surface area contributed by atoms with E-state index in [2.05, 4.69) is 90.9 Å². The molecule has 0 saturated heterocycles. The van der Waals surface area contributed by atoms with Gasteiger partial charge in [-0.1, -0.05) is 80.1 Å². The number of fused-ring (bicyclic) bond motifs is 6. The Bertz CT molecular complexity index is 1460. The van der Waals surface area contributed by atoms with Crippen molar-refractivity contribution in [2.45, 2.75) is 45.2 Å². The smallest absolute Gasteiger partial charge is 0.158 e. The molecule has 2 atom stereocenters. The summed E-state index contributed by atoms with van der Waals surface area (Å²) in [6, 6.07) is 26.5. The summed E-state index contributed by atoms with van der Waals surface area (Å²) in [6.45, 7) is 6.68. The third-order valence-electron chi connectivity index (χ3n) is 6.33. The fourth-order valence-corrected chi connectivity index (χ4v) is 4.19. The first-order valence-electron chi connectivity index (χ1n) is 12.2. The van der Waals surface area contributed by atoms with Crippen LogP contribution < -0.4 is 0 Å². The molecule has 4 aromatic carbocycles. The van der Waals surface area contributed by atoms with Crippen molar-refractivity contribution in [1.82, 2.24) is 9.97 Å². The molecule has 0 aliphatic heterocycles. The van der Waals surface area contributed by atoms with Crippen LogP contribution in [0.2, 0.25) is 0 Å². The molecular weight excluding hydrogens is 657 g/mol. The van der Waals surface area contributed by atoms with Crippen molar-refractivity contribution < 1.29 is 39.8 Å². The van der Waals surface area contributed by atoms with Gasteiger partial charge in [0.05, 0.1) is 11.2 Å². The maximum Gasteiger partial charge on any atom is 0.158 e. The van der Waals surface area contributed by atoms with Crippen LogP contribution in [0.5, 0.6) is 0 Å². The molecule has 2 unspecified atom stereocenters. The van der Waals surface area contributed by atoms with Crippen LogP contribution >= 0.6 is 0 Å². The van der Waals surface area contributed by atoms with E-state index in [-0.39, 0.29) is 31.9 Å². The van der Waals surface area contributed by atoms with Gasteiger partial charge in [0.1, 0.15) is 0 Å². The van der Waals surface area contributed by atoms with Gasteiger partial charge in [0.2, 0.25) is 0 Å². The normalized spacial score (nSPS) is 13.0. The number of hydrogen-bond acceptors (Lipinski definition) is 6. The number of ether oxygens (including phenoxy) is 2. The minimum Gasteiger partial charge on any atom is -0.368 e. The summed E-state index contributed by atoms with van der Waals surface area (Å²) in [5.74, 6) is 0. The van der Waals surface area contributed by atoms with Crippen LogP contribution in [0.4, 0.5) is 0 Å². The van der Waals surface area contributed by atoms with E-state index in [9.17, 15) is 0 Å². The molecule has 38 heavy (non-hydrogen) atoms. The molecule has 0 spiro atoms.